The molecule has 2 aromatic rings. The van der Waals surface area contributed by atoms with Crippen molar-refractivity contribution in [1.29, 1.82) is 0 Å². The highest BCUT2D eigenvalue weighted by Crippen LogP contribution is 2.32. The molecule has 0 atom stereocenters. The van der Waals surface area contributed by atoms with E-state index >= 15 is 0 Å². The van der Waals surface area contributed by atoms with Gasteiger partial charge in [0.1, 0.15) is 5.69 Å². The third kappa shape index (κ3) is 5.44. The molecule has 9 nitrogen and oxygen atoms in total. The molecule has 0 bridgehead atoms. The summed E-state index contributed by atoms with van der Waals surface area (Å²) in [6, 6.07) is 10.9. The summed E-state index contributed by atoms with van der Waals surface area (Å²) in [5, 5.41) is 22.6. The highest BCUT2D eigenvalue weighted by Gasteiger charge is 2.25. The van der Waals surface area contributed by atoms with E-state index in [1.54, 1.807) is 30.3 Å². The summed E-state index contributed by atoms with van der Waals surface area (Å²) in [7, 11) is 0. The second-order valence-electron chi connectivity index (χ2n) is 7.16. The van der Waals surface area contributed by atoms with Gasteiger partial charge >= 0.3 is 6.03 Å². The first kappa shape index (κ1) is 20.1. The Morgan fingerprint density at radius 2 is 1.69 bits per heavy atom. The average molecular weight is 397 g/mol. The van der Waals surface area contributed by atoms with Crippen LogP contribution in [0.4, 0.5) is 27.5 Å². The summed E-state index contributed by atoms with van der Waals surface area (Å²) < 4.78 is 0. The van der Waals surface area contributed by atoms with Crippen LogP contribution in [0.25, 0.3) is 0 Å². The first-order chi connectivity index (χ1) is 13.8. The van der Waals surface area contributed by atoms with Gasteiger partial charge in [0.15, 0.2) is 0 Å². The summed E-state index contributed by atoms with van der Waals surface area (Å²) >= 11 is 0. The smallest absolute Gasteiger partial charge is 0.319 e. The van der Waals surface area contributed by atoms with E-state index in [2.05, 4.69) is 21.3 Å². The molecule has 3 rings (SSSR count). The van der Waals surface area contributed by atoms with Crippen LogP contribution >= 0.6 is 0 Å². The number of nitrogens with one attached hydrogen (secondary N) is 4. The molecule has 2 aromatic carbocycles. The molecule has 0 aromatic heterocycles. The van der Waals surface area contributed by atoms with Gasteiger partial charge in [-0.05, 0) is 51.0 Å². The Kier molecular flexibility index (Phi) is 5.96. The standard InChI is InChI=1S/C20H23N5O4/c1-12(2)21-20(27)24-16-6-4-3-5-15(16)23-19(26)13-7-10-17(22-14-8-9-14)18(11-13)25(28)29/h3-7,10-12,14,22H,8-9H2,1-2H3,(H,23,26)(H2,21,24,27). The number of carbonyl (C=O) groups is 2. The van der Waals surface area contributed by atoms with E-state index < -0.39 is 16.9 Å². The molecule has 152 valence electrons. The summed E-state index contributed by atoms with van der Waals surface area (Å²) in [4.78, 5) is 35.5. The van der Waals surface area contributed by atoms with Gasteiger partial charge < -0.3 is 21.3 Å². The molecule has 1 aliphatic rings. The fourth-order valence-corrected chi connectivity index (χ4v) is 2.71. The zero-order chi connectivity index (χ0) is 21.0. The second-order valence-corrected chi connectivity index (χ2v) is 7.16. The number of nitrogens with zero attached hydrogens (tertiary/aromatic N) is 1. The molecule has 3 amide bonds. The van der Waals surface area contributed by atoms with Crippen LogP contribution in [0.1, 0.15) is 37.0 Å². The minimum Gasteiger partial charge on any atom is -0.377 e. The minimum atomic E-state index is -0.510. The summed E-state index contributed by atoms with van der Waals surface area (Å²) in [6.45, 7) is 3.67. The molecule has 0 saturated heterocycles. The monoisotopic (exact) mass is 397 g/mol. The largest absolute Gasteiger partial charge is 0.377 e. The number of carbonyl (C=O) groups excluding carboxylic acids is 2. The topological polar surface area (TPSA) is 125 Å². The zero-order valence-electron chi connectivity index (χ0n) is 16.2. The molecule has 0 aliphatic heterocycles. The van der Waals surface area contributed by atoms with E-state index in [0.29, 0.717) is 17.1 Å². The van der Waals surface area contributed by atoms with E-state index in [-0.39, 0.29) is 23.3 Å². The Bertz CT molecular complexity index is 940. The van der Waals surface area contributed by atoms with Crippen molar-refractivity contribution in [2.45, 2.75) is 38.8 Å². The van der Waals surface area contributed by atoms with Crippen molar-refractivity contribution in [3.8, 4) is 0 Å². The van der Waals surface area contributed by atoms with Gasteiger partial charge in [-0.15, -0.1) is 0 Å². The second kappa shape index (κ2) is 8.59. The van der Waals surface area contributed by atoms with E-state index in [0.717, 1.165) is 12.8 Å². The summed E-state index contributed by atoms with van der Waals surface area (Å²) in [5.74, 6) is -0.510. The van der Waals surface area contributed by atoms with Crippen LogP contribution in [-0.2, 0) is 0 Å². The van der Waals surface area contributed by atoms with Crippen LogP contribution in [0.5, 0.6) is 0 Å². The molecule has 29 heavy (non-hydrogen) atoms. The van der Waals surface area contributed by atoms with E-state index in [9.17, 15) is 19.7 Å². The van der Waals surface area contributed by atoms with Crippen LogP contribution in [0.2, 0.25) is 0 Å². The highest BCUT2D eigenvalue weighted by atomic mass is 16.6. The van der Waals surface area contributed by atoms with E-state index in [1.165, 1.54) is 12.1 Å². The number of para-hydroxylation sites is 2. The fourth-order valence-electron chi connectivity index (χ4n) is 2.71. The molecule has 4 N–H and O–H groups in total. The number of hydrogen-bond donors (Lipinski definition) is 4. The Morgan fingerprint density at radius 1 is 1.03 bits per heavy atom. The maximum atomic E-state index is 12.7. The normalized spacial score (nSPS) is 12.9. The van der Waals surface area contributed by atoms with Crippen molar-refractivity contribution < 1.29 is 14.5 Å². The quantitative estimate of drug-likeness (QED) is 0.416. The predicted octanol–water partition coefficient (Wildman–Crippen LogP) is 3.95. The highest BCUT2D eigenvalue weighted by molar-refractivity contribution is 6.07. The van der Waals surface area contributed by atoms with Gasteiger partial charge in [-0.3, -0.25) is 14.9 Å². The van der Waals surface area contributed by atoms with Gasteiger partial charge in [-0.2, -0.15) is 0 Å². The lowest BCUT2D eigenvalue weighted by Crippen LogP contribution is -2.34. The molecule has 1 fully saturated rings. The van der Waals surface area contributed by atoms with Crippen molar-refractivity contribution in [1.82, 2.24) is 5.32 Å². The third-order valence-corrected chi connectivity index (χ3v) is 4.24. The number of urea groups is 1. The van der Waals surface area contributed by atoms with Crippen molar-refractivity contribution in [3.63, 3.8) is 0 Å². The lowest BCUT2D eigenvalue weighted by molar-refractivity contribution is -0.384. The maximum absolute atomic E-state index is 12.7. The minimum absolute atomic E-state index is 0.0416. The van der Waals surface area contributed by atoms with Crippen LogP contribution in [-0.4, -0.2) is 28.9 Å². The molecule has 0 heterocycles. The lowest BCUT2D eigenvalue weighted by atomic mass is 10.1. The van der Waals surface area contributed by atoms with Gasteiger partial charge in [0.05, 0.1) is 16.3 Å². The average Bonchev–Trinajstić information content (AvgIpc) is 3.46. The Morgan fingerprint density at radius 3 is 2.28 bits per heavy atom. The van der Waals surface area contributed by atoms with Crippen molar-refractivity contribution in [3.05, 3.63) is 58.1 Å². The maximum Gasteiger partial charge on any atom is 0.319 e. The number of nitro benzene ring substituents is 1. The van der Waals surface area contributed by atoms with E-state index in [4.69, 9.17) is 0 Å². The number of nitro groups is 1. The number of amides is 3. The molecular formula is C20H23N5O4. The Balaban J connectivity index is 1.77. The lowest BCUT2D eigenvalue weighted by Gasteiger charge is -2.14. The molecule has 0 unspecified atom stereocenters. The number of rotatable bonds is 7. The van der Waals surface area contributed by atoms with Gasteiger partial charge in [-0.1, -0.05) is 12.1 Å². The van der Waals surface area contributed by atoms with Crippen LogP contribution in [0.15, 0.2) is 42.5 Å². The summed E-state index contributed by atoms with van der Waals surface area (Å²) in [6.07, 6.45) is 1.96. The number of benzene rings is 2. The first-order valence-corrected chi connectivity index (χ1v) is 9.36. The van der Waals surface area contributed by atoms with Crippen LogP contribution < -0.4 is 21.3 Å². The molecule has 1 aliphatic carbocycles. The molecular weight excluding hydrogens is 374 g/mol. The first-order valence-electron chi connectivity index (χ1n) is 9.36. The predicted molar refractivity (Wildman–Crippen MR) is 111 cm³/mol. The number of anilines is 3. The zero-order valence-corrected chi connectivity index (χ0v) is 16.2. The Hall–Kier alpha value is -3.62. The van der Waals surface area contributed by atoms with Crippen LogP contribution in [0.3, 0.4) is 0 Å². The SMILES string of the molecule is CC(C)NC(=O)Nc1ccccc1NC(=O)c1ccc(NC2CC2)c([N+](=O)[O-])c1. The van der Waals surface area contributed by atoms with Gasteiger partial charge in [0.2, 0.25) is 0 Å². The van der Waals surface area contributed by atoms with E-state index in [1.807, 2.05) is 13.8 Å². The van der Waals surface area contributed by atoms with Gasteiger partial charge in [-0.25, -0.2) is 4.79 Å². The molecule has 9 heteroatoms. The van der Waals surface area contributed by atoms with Crippen LogP contribution in [0, 0.1) is 10.1 Å². The van der Waals surface area contributed by atoms with Crippen molar-refractivity contribution >= 4 is 34.7 Å². The van der Waals surface area contributed by atoms with Gasteiger partial charge in [0.25, 0.3) is 11.6 Å². The Labute approximate surface area is 168 Å². The van der Waals surface area contributed by atoms with Crippen molar-refractivity contribution in [2.24, 2.45) is 0 Å². The third-order valence-electron chi connectivity index (χ3n) is 4.24. The summed E-state index contributed by atoms with van der Waals surface area (Å²) in [5.41, 5.74) is 1.22. The fraction of sp³-hybridized carbons (Fsp3) is 0.300. The van der Waals surface area contributed by atoms with Crippen molar-refractivity contribution in [2.75, 3.05) is 16.0 Å². The number of hydrogen-bond acceptors (Lipinski definition) is 5. The molecule has 0 radical (unpaired) electrons. The van der Waals surface area contributed by atoms with Gasteiger partial charge in [0, 0.05) is 23.7 Å². The molecule has 0 spiro atoms. The molecule has 1 saturated carbocycles.